The number of alkyl halides is 9. The van der Waals surface area contributed by atoms with Crippen molar-refractivity contribution < 1.29 is 40.2 Å². The summed E-state index contributed by atoms with van der Waals surface area (Å²) in [6.45, 7) is 0. The van der Waals surface area contributed by atoms with E-state index in [0.717, 1.165) is 0 Å². The van der Waals surface area contributed by atoms with Crippen LogP contribution in [0.15, 0.2) is 0 Å². The summed E-state index contributed by atoms with van der Waals surface area (Å²) in [5.74, 6) is -5.34. The third-order valence-electron chi connectivity index (χ3n) is 1.52. The van der Waals surface area contributed by atoms with E-state index in [1.807, 2.05) is 0 Å². The van der Waals surface area contributed by atoms with E-state index in [9.17, 15) is 35.1 Å². The molecule has 1 nitrogen and oxygen atoms in total. The maximum absolute atomic E-state index is 12.5. The molecule has 0 aromatic rings. The average molecular weight is 358 g/mol. The van der Waals surface area contributed by atoms with E-state index in [0.29, 0.717) is 22.6 Å². The first-order valence-electron chi connectivity index (χ1n) is 3.11. The van der Waals surface area contributed by atoms with Crippen LogP contribution < -0.4 is 0 Å². The van der Waals surface area contributed by atoms with Gasteiger partial charge in [-0.3, -0.25) is 0 Å². The molecule has 0 unspecified atom stereocenters. The van der Waals surface area contributed by atoms with Crippen LogP contribution in [-0.2, 0) is 0 Å². The number of hydrogen-bond donors (Lipinski definition) is 1. The normalized spacial score (nSPS) is 15.6. The minimum atomic E-state index is -6.50. The molecule has 0 aromatic carbocycles. The molecule has 0 aromatic heterocycles. The number of aliphatic hydroxyl groups is 1. The molecule has 0 aliphatic carbocycles. The van der Waals surface area contributed by atoms with Crippen molar-refractivity contribution in [2.24, 2.45) is 0 Å². The minimum absolute atomic E-state index is 0.625. The van der Waals surface area contributed by atoms with Crippen molar-refractivity contribution in [3.63, 3.8) is 0 Å². The number of rotatable bonds is 2. The zero-order valence-corrected chi connectivity index (χ0v) is 8.71. The smallest absolute Gasteiger partial charge is 0.369 e. The first-order chi connectivity index (χ1) is 6.31. The van der Waals surface area contributed by atoms with E-state index < -0.39 is 28.3 Å². The Labute approximate surface area is 91.6 Å². The summed E-state index contributed by atoms with van der Waals surface area (Å²) >= 11 is 0.625. The zero-order valence-electron chi connectivity index (χ0n) is 6.56. The van der Waals surface area contributed by atoms with Gasteiger partial charge in [0, 0.05) is 0 Å². The first-order valence-corrected chi connectivity index (χ1v) is 4.63. The summed E-state index contributed by atoms with van der Waals surface area (Å²) in [5, 5.41) is 8.21. The van der Waals surface area contributed by atoms with Gasteiger partial charge in [0.05, 0.1) is 4.43 Å². The van der Waals surface area contributed by atoms with Crippen LogP contribution in [0.25, 0.3) is 0 Å². The van der Waals surface area contributed by atoms with Gasteiger partial charge < -0.3 is 5.11 Å². The van der Waals surface area contributed by atoms with Gasteiger partial charge in [-0.05, 0) is 0 Å². The third-order valence-corrected chi connectivity index (χ3v) is 2.48. The monoisotopic (exact) mass is 358 g/mol. The molecule has 0 aliphatic heterocycles. The van der Waals surface area contributed by atoms with Crippen LogP contribution >= 0.6 is 22.6 Å². The summed E-state index contributed by atoms with van der Waals surface area (Å²) in [5.41, 5.74) is -6.02. The van der Waals surface area contributed by atoms with E-state index in [4.69, 9.17) is 5.11 Å². The first kappa shape index (κ1) is 15.1. The van der Waals surface area contributed by atoms with Gasteiger partial charge in [0.15, 0.2) is 0 Å². The van der Waals surface area contributed by atoms with Gasteiger partial charge in [0.25, 0.3) is 0 Å². The summed E-state index contributed by atoms with van der Waals surface area (Å²) in [6.07, 6.45) is -13.0. The Bertz CT molecular complexity index is 216. The minimum Gasteiger partial charge on any atom is -0.369 e. The second-order valence-corrected chi connectivity index (χ2v) is 3.31. The second kappa shape index (κ2) is 3.86. The van der Waals surface area contributed by atoms with E-state index in [1.54, 1.807) is 0 Å². The van der Waals surface area contributed by atoms with E-state index in [-0.39, 0.29) is 0 Å². The van der Waals surface area contributed by atoms with Crippen LogP contribution in [0.5, 0.6) is 0 Å². The molecule has 10 heteroatoms. The standard InChI is InChI=1S/C5H3F8IO/c6-2(7,1-14)3(15,4(8,9)10)5(11,12)13/h15H,1H2. The van der Waals surface area contributed by atoms with E-state index in [1.165, 1.54) is 0 Å². The summed E-state index contributed by atoms with van der Waals surface area (Å²) in [6, 6.07) is 0. The van der Waals surface area contributed by atoms with Crippen molar-refractivity contribution in [3.8, 4) is 0 Å². The molecule has 0 heterocycles. The zero-order chi connectivity index (χ0) is 12.7. The molecule has 0 saturated heterocycles. The lowest BCUT2D eigenvalue weighted by atomic mass is 9.95. The van der Waals surface area contributed by atoms with Crippen LogP contribution in [0, 0.1) is 0 Å². The van der Waals surface area contributed by atoms with Crippen molar-refractivity contribution in [1.82, 2.24) is 0 Å². The fourth-order valence-corrected chi connectivity index (χ4v) is 1.22. The van der Waals surface area contributed by atoms with Crippen molar-refractivity contribution in [2.75, 3.05) is 4.43 Å². The Balaban J connectivity index is 5.65. The van der Waals surface area contributed by atoms with Crippen LogP contribution in [0.4, 0.5) is 35.1 Å². The highest BCUT2D eigenvalue weighted by molar-refractivity contribution is 14.1. The highest BCUT2D eigenvalue weighted by Gasteiger charge is 2.81. The largest absolute Gasteiger partial charge is 0.432 e. The summed E-state index contributed by atoms with van der Waals surface area (Å²) < 4.78 is 94.2. The Morgan fingerprint density at radius 3 is 1.13 bits per heavy atom. The van der Waals surface area contributed by atoms with Crippen LogP contribution in [0.3, 0.4) is 0 Å². The molecule has 0 amide bonds. The van der Waals surface area contributed by atoms with Gasteiger partial charge in [0.1, 0.15) is 0 Å². The second-order valence-electron chi connectivity index (χ2n) is 2.54. The Hall–Kier alpha value is 0.130. The molecule has 0 radical (unpaired) electrons. The maximum atomic E-state index is 12.5. The van der Waals surface area contributed by atoms with Crippen molar-refractivity contribution >= 4 is 22.6 Å². The lowest BCUT2D eigenvalue weighted by Crippen LogP contribution is -2.68. The lowest BCUT2D eigenvalue weighted by Gasteiger charge is -2.37. The van der Waals surface area contributed by atoms with Gasteiger partial charge in [-0.15, -0.1) is 0 Å². The fraction of sp³-hybridized carbons (Fsp3) is 1.00. The fourth-order valence-electron chi connectivity index (χ4n) is 0.672. The highest BCUT2D eigenvalue weighted by Crippen LogP contribution is 2.52. The molecular weight excluding hydrogens is 355 g/mol. The van der Waals surface area contributed by atoms with E-state index in [2.05, 4.69) is 0 Å². The van der Waals surface area contributed by atoms with Gasteiger partial charge in [-0.25, -0.2) is 8.78 Å². The van der Waals surface area contributed by atoms with Gasteiger partial charge in [-0.2, -0.15) is 26.3 Å². The van der Waals surface area contributed by atoms with Gasteiger partial charge in [-0.1, -0.05) is 22.6 Å². The van der Waals surface area contributed by atoms with Crippen LogP contribution in [0.2, 0.25) is 0 Å². The molecule has 1 N–H and O–H groups in total. The van der Waals surface area contributed by atoms with Crippen LogP contribution in [0.1, 0.15) is 0 Å². The van der Waals surface area contributed by atoms with Gasteiger partial charge in [0.2, 0.25) is 0 Å². The Morgan fingerprint density at radius 1 is 0.800 bits per heavy atom. The van der Waals surface area contributed by atoms with E-state index >= 15 is 0 Å². The molecule has 0 atom stereocenters. The topological polar surface area (TPSA) is 20.2 Å². The molecule has 0 fully saturated rings. The van der Waals surface area contributed by atoms with Crippen molar-refractivity contribution in [3.05, 3.63) is 0 Å². The summed E-state index contributed by atoms with van der Waals surface area (Å²) in [4.78, 5) is 0. The molecule has 0 saturated carbocycles. The third kappa shape index (κ3) is 2.29. The predicted molar refractivity (Wildman–Crippen MR) is 40.9 cm³/mol. The molecule has 92 valence electrons. The molecule has 0 rings (SSSR count). The SMILES string of the molecule is OC(C(F)(F)F)(C(F)(F)F)C(F)(F)CI. The van der Waals surface area contributed by atoms with Crippen molar-refractivity contribution in [1.29, 1.82) is 0 Å². The number of halogens is 9. The predicted octanol–water partition coefficient (Wildman–Crippen LogP) is 2.91. The summed E-state index contributed by atoms with van der Waals surface area (Å²) in [7, 11) is 0. The number of hydrogen-bond acceptors (Lipinski definition) is 1. The molecule has 0 aliphatic rings. The molecule has 0 bridgehead atoms. The quantitative estimate of drug-likeness (QED) is 0.457. The average Bonchev–Trinajstić information content (AvgIpc) is 1.98. The highest BCUT2D eigenvalue weighted by atomic mass is 127. The molecule has 0 spiro atoms. The Morgan fingerprint density at radius 2 is 1.07 bits per heavy atom. The van der Waals surface area contributed by atoms with Crippen LogP contribution in [-0.4, -0.2) is 33.4 Å². The molecule has 15 heavy (non-hydrogen) atoms. The maximum Gasteiger partial charge on any atom is 0.432 e. The Kier molecular flexibility index (Phi) is 3.89. The lowest BCUT2D eigenvalue weighted by molar-refractivity contribution is -0.417. The van der Waals surface area contributed by atoms with Gasteiger partial charge >= 0.3 is 23.9 Å². The molecular formula is C5H3F8IO. The van der Waals surface area contributed by atoms with Crippen molar-refractivity contribution in [2.45, 2.75) is 23.9 Å².